The molecule has 2 aromatic carbocycles. The second-order valence-corrected chi connectivity index (χ2v) is 8.24. The van der Waals surface area contributed by atoms with Crippen LogP contribution in [0.5, 0.6) is 17.2 Å². The number of nitrogens with one attached hydrogen (secondary N) is 1. The van der Waals surface area contributed by atoms with Gasteiger partial charge < -0.3 is 19.5 Å². The van der Waals surface area contributed by atoms with Crippen molar-refractivity contribution in [3.8, 4) is 17.2 Å². The highest BCUT2D eigenvalue weighted by molar-refractivity contribution is 7.09. The molecule has 1 N–H and O–H groups in total. The third-order valence-electron chi connectivity index (χ3n) is 4.88. The maximum absolute atomic E-state index is 12.7. The third-order valence-corrected chi connectivity index (χ3v) is 5.73. The van der Waals surface area contributed by atoms with Crippen LogP contribution in [0.2, 0.25) is 0 Å². The summed E-state index contributed by atoms with van der Waals surface area (Å²) >= 11 is 1.64. The molecule has 0 spiro atoms. The Kier molecular flexibility index (Phi) is 7.56. The molecule has 2 heterocycles. The minimum absolute atomic E-state index is 0.173. The summed E-state index contributed by atoms with van der Waals surface area (Å²) in [5.41, 5.74) is 2.47. The zero-order chi connectivity index (χ0) is 22.9. The molecule has 0 bridgehead atoms. The summed E-state index contributed by atoms with van der Waals surface area (Å²) in [5, 5.41) is 4.96. The van der Waals surface area contributed by atoms with Crippen LogP contribution in [0.4, 0.5) is 0 Å². The van der Waals surface area contributed by atoms with Crippen LogP contribution in [0.25, 0.3) is 0 Å². The van der Waals surface area contributed by atoms with E-state index in [2.05, 4.69) is 10.3 Å². The van der Waals surface area contributed by atoms with E-state index < -0.39 is 0 Å². The topological polar surface area (TPSA) is 69.7 Å². The van der Waals surface area contributed by atoms with Crippen molar-refractivity contribution in [1.82, 2.24) is 10.3 Å². The molecule has 0 fully saturated rings. The second-order valence-electron chi connectivity index (χ2n) is 7.21. The van der Waals surface area contributed by atoms with Crippen LogP contribution in [-0.4, -0.2) is 18.0 Å². The minimum Gasteiger partial charge on any atom is -0.493 e. The lowest BCUT2D eigenvalue weighted by molar-refractivity contribution is 0.0950. The number of amides is 1. The molecular weight excluding hydrogens is 436 g/mol. The van der Waals surface area contributed by atoms with Crippen LogP contribution in [0, 0.1) is 0 Å². The predicted molar refractivity (Wildman–Crippen MR) is 128 cm³/mol. The third kappa shape index (κ3) is 6.33. The monoisotopic (exact) mass is 460 g/mol. The Labute approximate surface area is 196 Å². The fourth-order valence-electron chi connectivity index (χ4n) is 3.14. The molecule has 0 aliphatic carbocycles. The maximum Gasteiger partial charge on any atom is 0.251 e. The Balaban J connectivity index is 1.33. The van der Waals surface area contributed by atoms with Crippen LogP contribution in [0.15, 0.2) is 84.5 Å². The average Bonchev–Trinajstić information content (AvgIpc) is 3.39. The van der Waals surface area contributed by atoms with Crippen molar-refractivity contribution in [2.24, 2.45) is 0 Å². The van der Waals surface area contributed by atoms with E-state index in [4.69, 9.17) is 14.2 Å². The smallest absolute Gasteiger partial charge is 0.251 e. The number of hydrogen-bond donors (Lipinski definition) is 1. The van der Waals surface area contributed by atoms with Gasteiger partial charge in [-0.2, -0.15) is 0 Å². The Hall–Kier alpha value is -3.84. The summed E-state index contributed by atoms with van der Waals surface area (Å²) in [6, 6.07) is 20.6. The zero-order valence-electron chi connectivity index (χ0n) is 18.2. The van der Waals surface area contributed by atoms with Gasteiger partial charge in [0.05, 0.1) is 7.11 Å². The van der Waals surface area contributed by atoms with Crippen molar-refractivity contribution in [1.29, 1.82) is 0 Å². The number of carbonyl (C=O) groups is 1. The van der Waals surface area contributed by atoms with Crippen molar-refractivity contribution in [2.75, 3.05) is 7.11 Å². The highest BCUT2D eigenvalue weighted by atomic mass is 32.1. The number of ether oxygens (including phenoxy) is 3. The first kappa shape index (κ1) is 22.4. The van der Waals surface area contributed by atoms with E-state index in [0.29, 0.717) is 42.6 Å². The lowest BCUT2D eigenvalue weighted by Gasteiger charge is -2.13. The van der Waals surface area contributed by atoms with E-state index in [1.165, 1.54) is 0 Å². The molecule has 33 heavy (non-hydrogen) atoms. The Morgan fingerprint density at radius 2 is 1.79 bits per heavy atom. The van der Waals surface area contributed by atoms with E-state index in [1.807, 2.05) is 60.0 Å². The lowest BCUT2D eigenvalue weighted by Crippen LogP contribution is -2.22. The van der Waals surface area contributed by atoms with Crippen LogP contribution in [0.3, 0.4) is 0 Å². The molecule has 7 heteroatoms. The van der Waals surface area contributed by atoms with Crippen molar-refractivity contribution in [3.05, 3.63) is 106 Å². The van der Waals surface area contributed by atoms with E-state index in [1.54, 1.807) is 43.0 Å². The number of rotatable bonds is 10. The molecule has 0 radical (unpaired) electrons. The molecule has 4 aromatic rings. The summed E-state index contributed by atoms with van der Waals surface area (Å²) in [6.07, 6.45) is 3.46. The molecule has 0 aliphatic rings. The standard InChI is InChI=1S/C26H24N2O4S/c1-30-25-14-20(7-8-24(25)32-17-19-9-11-27-12-10-19)16-28-26(29)21-4-2-5-22(15-21)31-18-23-6-3-13-33-23/h2-15H,16-18H2,1H3,(H,28,29). The first-order valence-corrected chi connectivity index (χ1v) is 11.3. The molecule has 4 rings (SSSR count). The zero-order valence-corrected chi connectivity index (χ0v) is 19.0. The number of hydrogen-bond acceptors (Lipinski definition) is 6. The first-order chi connectivity index (χ1) is 16.2. The van der Waals surface area contributed by atoms with Gasteiger partial charge in [-0.05, 0) is 65.0 Å². The fraction of sp³-hybridized carbons (Fsp3) is 0.154. The van der Waals surface area contributed by atoms with Crippen molar-refractivity contribution in [3.63, 3.8) is 0 Å². The number of aromatic nitrogens is 1. The van der Waals surface area contributed by atoms with Crippen molar-refractivity contribution in [2.45, 2.75) is 19.8 Å². The molecule has 2 aromatic heterocycles. The second kappa shape index (κ2) is 11.2. The summed E-state index contributed by atoms with van der Waals surface area (Å²) in [6.45, 7) is 1.26. The van der Waals surface area contributed by atoms with Crippen LogP contribution >= 0.6 is 11.3 Å². The van der Waals surface area contributed by atoms with Crippen molar-refractivity contribution < 1.29 is 19.0 Å². The summed E-state index contributed by atoms with van der Waals surface area (Å²) < 4.78 is 17.1. The van der Waals surface area contributed by atoms with Crippen LogP contribution in [0.1, 0.15) is 26.4 Å². The van der Waals surface area contributed by atoms with Gasteiger partial charge in [-0.15, -0.1) is 11.3 Å². The SMILES string of the molecule is COc1cc(CNC(=O)c2cccc(OCc3cccs3)c2)ccc1OCc1ccncc1. The van der Waals surface area contributed by atoms with Crippen LogP contribution in [-0.2, 0) is 19.8 Å². The highest BCUT2D eigenvalue weighted by Crippen LogP contribution is 2.29. The maximum atomic E-state index is 12.7. The molecule has 0 unspecified atom stereocenters. The normalized spacial score (nSPS) is 10.5. The Morgan fingerprint density at radius 1 is 0.909 bits per heavy atom. The largest absolute Gasteiger partial charge is 0.493 e. The van der Waals surface area contributed by atoms with E-state index in [9.17, 15) is 4.79 Å². The minimum atomic E-state index is -0.173. The molecule has 0 atom stereocenters. The van der Waals surface area contributed by atoms with Crippen molar-refractivity contribution >= 4 is 17.2 Å². The number of pyridine rings is 1. The molecule has 0 saturated heterocycles. The van der Waals surface area contributed by atoms with Gasteiger partial charge in [0.2, 0.25) is 0 Å². The quantitative estimate of drug-likeness (QED) is 0.351. The van der Waals surface area contributed by atoms with Gasteiger partial charge in [-0.25, -0.2) is 0 Å². The van der Waals surface area contributed by atoms with Crippen LogP contribution < -0.4 is 19.5 Å². The Morgan fingerprint density at radius 3 is 2.58 bits per heavy atom. The Bertz CT molecular complexity index is 1180. The fourth-order valence-corrected chi connectivity index (χ4v) is 3.76. The van der Waals surface area contributed by atoms with E-state index >= 15 is 0 Å². The van der Waals surface area contributed by atoms with E-state index in [-0.39, 0.29) is 5.91 Å². The van der Waals surface area contributed by atoms with Gasteiger partial charge in [-0.3, -0.25) is 9.78 Å². The molecule has 0 aliphatic heterocycles. The number of methoxy groups -OCH3 is 1. The number of thiophene rings is 1. The first-order valence-electron chi connectivity index (χ1n) is 10.4. The number of benzene rings is 2. The summed E-state index contributed by atoms with van der Waals surface area (Å²) in [5.74, 6) is 1.74. The van der Waals surface area contributed by atoms with Gasteiger partial charge >= 0.3 is 0 Å². The molecule has 168 valence electrons. The molecular formula is C26H24N2O4S. The number of nitrogens with zero attached hydrogens (tertiary/aromatic N) is 1. The molecule has 6 nitrogen and oxygen atoms in total. The summed E-state index contributed by atoms with van der Waals surface area (Å²) in [7, 11) is 1.60. The van der Waals surface area contributed by atoms with E-state index in [0.717, 1.165) is 16.0 Å². The van der Waals surface area contributed by atoms with Gasteiger partial charge in [0.1, 0.15) is 19.0 Å². The average molecular weight is 461 g/mol. The van der Waals surface area contributed by atoms with Gasteiger partial charge in [0, 0.05) is 29.4 Å². The van der Waals surface area contributed by atoms with Gasteiger partial charge in [-0.1, -0.05) is 18.2 Å². The highest BCUT2D eigenvalue weighted by Gasteiger charge is 2.10. The lowest BCUT2D eigenvalue weighted by atomic mass is 10.1. The van der Waals surface area contributed by atoms with Gasteiger partial charge in [0.25, 0.3) is 5.91 Å². The molecule has 1 amide bonds. The predicted octanol–water partition coefficient (Wildman–Crippen LogP) is 5.24. The molecule has 0 saturated carbocycles. The van der Waals surface area contributed by atoms with Gasteiger partial charge in [0.15, 0.2) is 11.5 Å². The summed E-state index contributed by atoms with van der Waals surface area (Å²) in [4.78, 5) is 17.8. The number of carbonyl (C=O) groups excluding carboxylic acids is 1.